The number of morpholine rings is 1. The van der Waals surface area contributed by atoms with Crippen molar-refractivity contribution < 1.29 is 14.3 Å². The lowest BCUT2D eigenvalue weighted by Crippen LogP contribution is -2.43. The van der Waals surface area contributed by atoms with Crippen LogP contribution in [0.2, 0.25) is 0 Å². The Balaban J connectivity index is 0.00000225. The first kappa shape index (κ1) is 18.9. The standard InChI is InChI=1S/C16H19N5O3.ClH/c17-16(23)14-5-7-21(20-14)13-3-1-11(2-4-13)19-15(22)9-12-10-24-8-6-18-12;/h1-5,7,12,18H,6,8-10H2,(H2,17,23)(H,19,22);1H. The van der Waals surface area contributed by atoms with Crippen molar-refractivity contribution in [2.24, 2.45) is 5.73 Å². The second-order valence-electron chi connectivity index (χ2n) is 5.53. The van der Waals surface area contributed by atoms with E-state index in [0.717, 1.165) is 12.2 Å². The molecule has 2 amide bonds. The van der Waals surface area contributed by atoms with Crippen molar-refractivity contribution in [2.75, 3.05) is 25.1 Å². The Kier molecular flexibility index (Phi) is 6.51. The van der Waals surface area contributed by atoms with E-state index in [2.05, 4.69) is 15.7 Å². The second kappa shape index (κ2) is 8.61. The first-order valence-corrected chi connectivity index (χ1v) is 7.69. The number of nitrogens with one attached hydrogen (secondary N) is 2. The van der Waals surface area contributed by atoms with Gasteiger partial charge < -0.3 is 21.1 Å². The van der Waals surface area contributed by atoms with Crippen LogP contribution in [0.3, 0.4) is 0 Å². The summed E-state index contributed by atoms with van der Waals surface area (Å²) in [4.78, 5) is 23.1. The largest absolute Gasteiger partial charge is 0.378 e. The number of nitrogens with two attached hydrogens (primary N) is 1. The summed E-state index contributed by atoms with van der Waals surface area (Å²) >= 11 is 0. The Morgan fingerprint density at radius 3 is 2.68 bits per heavy atom. The number of halogens is 1. The fraction of sp³-hybridized carbons (Fsp3) is 0.312. The number of benzene rings is 1. The third kappa shape index (κ3) is 5.02. The van der Waals surface area contributed by atoms with E-state index in [9.17, 15) is 9.59 Å². The Bertz CT molecular complexity index is 726. The molecule has 0 saturated carbocycles. The number of rotatable bonds is 5. The summed E-state index contributed by atoms with van der Waals surface area (Å²) in [6.07, 6.45) is 2.02. The van der Waals surface area contributed by atoms with Crippen LogP contribution < -0.4 is 16.4 Å². The molecule has 1 aliphatic rings. The third-order valence-electron chi connectivity index (χ3n) is 3.69. The molecule has 0 radical (unpaired) electrons. The maximum atomic E-state index is 12.0. The van der Waals surface area contributed by atoms with E-state index < -0.39 is 5.91 Å². The van der Waals surface area contributed by atoms with Crippen LogP contribution in [0, 0.1) is 0 Å². The highest BCUT2D eigenvalue weighted by Crippen LogP contribution is 2.14. The molecule has 0 bridgehead atoms. The number of hydrogen-bond donors (Lipinski definition) is 3. The Labute approximate surface area is 151 Å². The molecule has 1 aromatic heterocycles. The van der Waals surface area contributed by atoms with Crippen molar-refractivity contribution in [3.8, 4) is 5.69 Å². The van der Waals surface area contributed by atoms with Gasteiger partial charge in [-0.15, -0.1) is 12.4 Å². The molecule has 1 unspecified atom stereocenters. The van der Waals surface area contributed by atoms with Crippen LogP contribution in [0.5, 0.6) is 0 Å². The number of ether oxygens (including phenoxy) is 1. The maximum absolute atomic E-state index is 12.0. The number of hydrogen-bond acceptors (Lipinski definition) is 5. The predicted molar refractivity (Wildman–Crippen MR) is 95.2 cm³/mol. The second-order valence-corrected chi connectivity index (χ2v) is 5.53. The molecular formula is C16H20ClN5O3. The molecule has 25 heavy (non-hydrogen) atoms. The molecule has 0 spiro atoms. The number of carbonyl (C=O) groups excluding carboxylic acids is 2. The van der Waals surface area contributed by atoms with Crippen LogP contribution in [0.15, 0.2) is 36.5 Å². The smallest absolute Gasteiger partial charge is 0.269 e. The Morgan fingerprint density at radius 1 is 1.32 bits per heavy atom. The summed E-state index contributed by atoms with van der Waals surface area (Å²) in [5, 5.41) is 10.2. The number of carbonyl (C=O) groups is 2. The quantitative estimate of drug-likeness (QED) is 0.722. The minimum atomic E-state index is -0.571. The van der Waals surface area contributed by atoms with Crippen molar-refractivity contribution in [2.45, 2.75) is 12.5 Å². The summed E-state index contributed by atoms with van der Waals surface area (Å²) in [7, 11) is 0. The van der Waals surface area contributed by atoms with Gasteiger partial charge in [0.15, 0.2) is 0 Å². The molecule has 2 aromatic rings. The lowest BCUT2D eigenvalue weighted by Gasteiger charge is -2.23. The molecule has 2 heterocycles. The number of amides is 2. The maximum Gasteiger partial charge on any atom is 0.269 e. The zero-order chi connectivity index (χ0) is 16.9. The average molecular weight is 366 g/mol. The fourth-order valence-corrected chi connectivity index (χ4v) is 2.48. The summed E-state index contributed by atoms with van der Waals surface area (Å²) in [6.45, 7) is 2.00. The van der Waals surface area contributed by atoms with Gasteiger partial charge >= 0.3 is 0 Å². The third-order valence-corrected chi connectivity index (χ3v) is 3.69. The molecule has 0 aliphatic carbocycles. The van der Waals surface area contributed by atoms with Gasteiger partial charge in [-0.1, -0.05) is 0 Å². The van der Waals surface area contributed by atoms with Crippen LogP contribution in [-0.4, -0.2) is 47.4 Å². The number of anilines is 1. The highest BCUT2D eigenvalue weighted by atomic mass is 35.5. The van der Waals surface area contributed by atoms with Gasteiger partial charge in [-0.2, -0.15) is 5.10 Å². The highest BCUT2D eigenvalue weighted by molar-refractivity contribution is 5.91. The Morgan fingerprint density at radius 2 is 2.08 bits per heavy atom. The van der Waals surface area contributed by atoms with Crippen LogP contribution in [-0.2, 0) is 9.53 Å². The van der Waals surface area contributed by atoms with Crippen molar-refractivity contribution in [3.63, 3.8) is 0 Å². The molecular weight excluding hydrogens is 346 g/mol. The molecule has 1 saturated heterocycles. The van der Waals surface area contributed by atoms with Crippen molar-refractivity contribution >= 4 is 29.9 Å². The van der Waals surface area contributed by atoms with E-state index in [0.29, 0.717) is 25.3 Å². The zero-order valence-electron chi connectivity index (χ0n) is 13.5. The van der Waals surface area contributed by atoms with Crippen LogP contribution in [0.25, 0.3) is 5.69 Å². The number of aromatic nitrogens is 2. The van der Waals surface area contributed by atoms with Gasteiger partial charge in [0, 0.05) is 30.9 Å². The van der Waals surface area contributed by atoms with Crippen LogP contribution in [0.1, 0.15) is 16.9 Å². The zero-order valence-corrected chi connectivity index (χ0v) is 14.3. The molecule has 134 valence electrons. The van der Waals surface area contributed by atoms with Gasteiger partial charge in [0.05, 0.1) is 18.9 Å². The van der Waals surface area contributed by atoms with Crippen molar-refractivity contribution in [1.82, 2.24) is 15.1 Å². The molecule has 1 aromatic carbocycles. The minimum Gasteiger partial charge on any atom is -0.378 e. The van der Waals surface area contributed by atoms with Gasteiger partial charge in [-0.25, -0.2) is 4.68 Å². The Hall–Kier alpha value is -2.42. The number of nitrogens with zero attached hydrogens (tertiary/aromatic N) is 2. The van der Waals surface area contributed by atoms with Gasteiger partial charge in [-0.05, 0) is 30.3 Å². The molecule has 1 atom stereocenters. The molecule has 9 heteroatoms. The summed E-state index contributed by atoms with van der Waals surface area (Å²) in [5.41, 5.74) is 6.85. The topological polar surface area (TPSA) is 111 Å². The normalized spacial score (nSPS) is 16.7. The minimum absolute atomic E-state index is 0. The van der Waals surface area contributed by atoms with Crippen molar-refractivity contribution in [3.05, 3.63) is 42.2 Å². The average Bonchev–Trinajstić information content (AvgIpc) is 3.07. The first-order chi connectivity index (χ1) is 11.6. The molecule has 1 aliphatic heterocycles. The molecule has 8 nitrogen and oxygen atoms in total. The molecule has 4 N–H and O–H groups in total. The summed E-state index contributed by atoms with van der Waals surface area (Å²) < 4.78 is 6.88. The van der Waals surface area contributed by atoms with E-state index in [-0.39, 0.29) is 30.0 Å². The van der Waals surface area contributed by atoms with E-state index >= 15 is 0 Å². The van der Waals surface area contributed by atoms with E-state index in [1.807, 2.05) is 0 Å². The van der Waals surface area contributed by atoms with Gasteiger partial charge in [-0.3, -0.25) is 9.59 Å². The predicted octanol–water partition coefficient (Wildman–Crippen LogP) is 0.710. The van der Waals surface area contributed by atoms with Gasteiger partial charge in [0.25, 0.3) is 5.91 Å². The fourth-order valence-electron chi connectivity index (χ4n) is 2.48. The lowest BCUT2D eigenvalue weighted by molar-refractivity contribution is -0.117. The van der Waals surface area contributed by atoms with Crippen LogP contribution >= 0.6 is 12.4 Å². The summed E-state index contributed by atoms with van der Waals surface area (Å²) in [5.74, 6) is -0.640. The first-order valence-electron chi connectivity index (χ1n) is 7.69. The van der Waals surface area contributed by atoms with E-state index in [1.54, 1.807) is 41.2 Å². The number of primary amides is 1. The molecule has 3 rings (SSSR count). The van der Waals surface area contributed by atoms with Crippen LogP contribution in [0.4, 0.5) is 5.69 Å². The monoisotopic (exact) mass is 365 g/mol. The van der Waals surface area contributed by atoms with Crippen molar-refractivity contribution in [1.29, 1.82) is 0 Å². The highest BCUT2D eigenvalue weighted by Gasteiger charge is 2.16. The van der Waals surface area contributed by atoms with E-state index in [1.165, 1.54) is 0 Å². The van der Waals surface area contributed by atoms with E-state index in [4.69, 9.17) is 10.5 Å². The van der Waals surface area contributed by atoms with Gasteiger partial charge in [0.2, 0.25) is 5.91 Å². The summed E-state index contributed by atoms with van der Waals surface area (Å²) in [6, 6.07) is 8.77. The molecule has 1 fully saturated rings. The lowest BCUT2D eigenvalue weighted by atomic mass is 10.2. The van der Waals surface area contributed by atoms with Gasteiger partial charge in [0.1, 0.15) is 5.69 Å². The SMILES string of the molecule is Cl.NC(=O)c1ccn(-c2ccc(NC(=O)CC3COCCN3)cc2)n1.